The van der Waals surface area contributed by atoms with Crippen molar-refractivity contribution in [2.24, 2.45) is 0 Å². The summed E-state index contributed by atoms with van der Waals surface area (Å²) < 4.78 is 58.8. The van der Waals surface area contributed by atoms with E-state index in [9.17, 15) is 32.4 Å². The number of ether oxygens (including phenoxy) is 1. The van der Waals surface area contributed by atoms with E-state index in [1.54, 1.807) is 25.1 Å². The second kappa shape index (κ2) is 7.51. The van der Waals surface area contributed by atoms with Gasteiger partial charge in [0.05, 0.1) is 11.3 Å². The third-order valence-electron chi connectivity index (χ3n) is 4.42. The quantitative estimate of drug-likeness (QED) is 0.651. The number of hydrogen-bond donors (Lipinski definition) is 1. The highest BCUT2D eigenvalue weighted by atomic mass is 19.4. The van der Waals surface area contributed by atoms with E-state index in [4.69, 9.17) is 4.74 Å². The van der Waals surface area contributed by atoms with Crippen molar-refractivity contribution >= 4 is 0 Å². The molecule has 0 bridgehead atoms. The van der Waals surface area contributed by atoms with Gasteiger partial charge in [-0.2, -0.15) is 18.4 Å². The smallest absolute Gasteiger partial charge is 0.431 e. The molecule has 2 aromatic carbocycles. The number of rotatable bonds is 3. The van der Waals surface area contributed by atoms with Crippen molar-refractivity contribution in [2.45, 2.75) is 20.0 Å². The zero-order chi connectivity index (χ0) is 22.2. The fourth-order valence-corrected chi connectivity index (χ4v) is 2.72. The van der Waals surface area contributed by atoms with Gasteiger partial charge in [0.1, 0.15) is 29.1 Å². The molecule has 0 aliphatic rings. The van der Waals surface area contributed by atoms with E-state index in [0.717, 1.165) is 23.3 Å². The molecule has 3 rings (SSSR count). The SMILES string of the molecule is Cc1cccc(Oc2cc(-n3c(=O)cc(C(F)(F)F)[nH]c3=O)c(F)cc2C#N)c1C. The molecule has 0 unspecified atom stereocenters. The van der Waals surface area contributed by atoms with E-state index >= 15 is 0 Å². The number of aryl methyl sites for hydroxylation is 1. The molecule has 10 heteroatoms. The Morgan fingerprint density at radius 2 is 1.80 bits per heavy atom. The lowest BCUT2D eigenvalue weighted by atomic mass is 10.1. The normalized spacial score (nSPS) is 11.2. The summed E-state index contributed by atoms with van der Waals surface area (Å²) in [7, 11) is 0. The molecule has 1 heterocycles. The highest BCUT2D eigenvalue weighted by Crippen LogP contribution is 2.32. The van der Waals surface area contributed by atoms with Crippen LogP contribution >= 0.6 is 0 Å². The van der Waals surface area contributed by atoms with Crippen molar-refractivity contribution in [3.05, 3.63) is 85.4 Å². The fraction of sp³-hybridized carbons (Fsp3) is 0.150. The van der Waals surface area contributed by atoms with Crippen LogP contribution < -0.4 is 16.0 Å². The highest BCUT2D eigenvalue weighted by molar-refractivity contribution is 5.53. The molecule has 0 radical (unpaired) electrons. The molecule has 6 nitrogen and oxygen atoms in total. The summed E-state index contributed by atoms with van der Waals surface area (Å²) in [4.78, 5) is 25.8. The number of aromatic amines is 1. The zero-order valence-corrected chi connectivity index (χ0v) is 15.6. The monoisotopic (exact) mass is 419 g/mol. The number of aromatic nitrogens is 2. The molecule has 0 spiro atoms. The Morgan fingerprint density at radius 3 is 2.40 bits per heavy atom. The zero-order valence-electron chi connectivity index (χ0n) is 15.6. The Hall–Kier alpha value is -3.87. The standard InChI is InChI=1S/C20H13F4N3O3/c1-10-4-3-5-15(11(10)2)30-16-7-14(13(21)6-12(16)9-25)27-18(28)8-17(20(22,23)24)26-19(27)29/h3-8H,1-2H3,(H,26,29). The van der Waals surface area contributed by atoms with Crippen LogP contribution in [0.2, 0.25) is 0 Å². The molecule has 30 heavy (non-hydrogen) atoms. The second-order valence-electron chi connectivity index (χ2n) is 6.37. The maximum atomic E-state index is 14.5. The number of benzene rings is 2. The molecule has 0 atom stereocenters. The summed E-state index contributed by atoms with van der Waals surface area (Å²) in [6.45, 7) is 3.58. The highest BCUT2D eigenvalue weighted by Gasteiger charge is 2.33. The van der Waals surface area contributed by atoms with Gasteiger partial charge in [0.15, 0.2) is 0 Å². The predicted octanol–water partition coefficient (Wildman–Crippen LogP) is 3.96. The van der Waals surface area contributed by atoms with E-state index in [1.165, 1.54) is 4.98 Å². The van der Waals surface area contributed by atoms with Gasteiger partial charge < -0.3 is 9.72 Å². The van der Waals surface area contributed by atoms with Gasteiger partial charge in [-0.25, -0.2) is 13.8 Å². The number of nitriles is 1. The first-order valence-corrected chi connectivity index (χ1v) is 8.44. The first kappa shape index (κ1) is 20.9. The lowest BCUT2D eigenvalue weighted by Crippen LogP contribution is -2.36. The fourth-order valence-electron chi connectivity index (χ4n) is 2.72. The van der Waals surface area contributed by atoms with Gasteiger partial charge in [-0.15, -0.1) is 0 Å². The molecule has 1 N–H and O–H groups in total. The van der Waals surface area contributed by atoms with Crippen molar-refractivity contribution in [1.82, 2.24) is 9.55 Å². The molecule has 0 aliphatic carbocycles. The number of nitrogens with one attached hydrogen (secondary N) is 1. The summed E-state index contributed by atoms with van der Waals surface area (Å²) in [5.41, 5.74) is -3.72. The molecular weight excluding hydrogens is 406 g/mol. The lowest BCUT2D eigenvalue weighted by Gasteiger charge is -2.14. The summed E-state index contributed by atoms with van der Waals surface area (Å²) in [5, 5.41) is 9.28. The van der Waals surface area contributed by atoms with Crippen LogP contribution in [0.1, 0.15) is 22.4 Å². The number of alkyl halides is 3. The second-order valence-corrected chi connectivity index (χ2v) is 6.37. The average molecular weight is 419 g/mol. The van der Waals surface area contributed by atoms with E-state index < -0.39 is 34.6 Å². The number of nitrogens with zero attached hydrogens (tertiary/aromatic N) is 2. The topological polar surface area (TPSA) is 87.9 Å². The van der Waals surface area contributed by atoms with E-state index in [2.05, 4.69) is 0 Å². The minimum atomic E-state index is -4.96. The summed E-state index contributed by atoms with van der Waals surface area (Å²) in [5.74, 6) is -0.987. The van der Waals surface area contributed by atoms with Gasteiger partial charge in [-0.1, -0.05) is 12.1 Å². The minimum Gasteiger partial charge on any atom is -0.456 e. The summed E-state index contributed by atoms with van der Waals surface area (Å²) >= 11 is 0. The molecule has 0 saturated heterocycles. The van der Waals surface area contributed by atoms with Gasteiger partial charge in [0.2, 0.25) is 0 Å². The minimum absolute atomic E-state index is 0.143. The van der Waals surface area contributed by atoms with Crippen LogP contribution in [0.15, 0.2) is 46.0 Å². The van der Waals surface area contributed by atoms with E-state index in [-0.39, 0.29) is 21.9 Å². The van der Waals surface area contributed by atoms with Gasteiger partial charge in [-0.05, 0) is 37.1 Å². The van der Waals surface area contributed by atoms with Gasteiger partial charge in [0, 0.05) is 12.1 Å². The molecule has 0 amide bonds. The summed E-state index contributed by atoms with van der Waals surface area (Å²) in [6, 6.07) is 8.65. The van der Waals surface area contributed by atoms with E-state index in [1.807, 2.05) is 13.0 Å². The number of H-pyrrole nitrogens is 1. The lowest BCUT2D eigenvalue weighted by molar-refractivity contribution is -0.141. The first-order chi connectivity index (χ1) is 14.0. The molecule has 0 fully saturated rings. The van der Waals surface area contributed by atoms with Crippen molar-refractivity contribution in [2.75, 3.05) is 0 Å². The first-order valence-electron chi connectivity index (χ1n) is 8.44. The van der Waals surface area contributed by atoms with Crippen LogP contribution in [0.3, 0.4) is 0 Å². The molecular formula is C20H13F4N3O3. The predicted molar refractivity (Wildman–Crippen MR) is 98.3 cm³/mol. The molecule has 0 aliphatic heterocycles. The van der Waals surface area contributed by atoms with Crippen molar-refractivity contribution in [3.63, 3.8) is 0 Å². The van der Waals surface area contributed by atoms with Gasteiger partial charge in [-0.3, -0.25) is 4.79 Å². The van der Waals surface area contributed by atoms with Gasteiger partial charge in [0.25, 0.3) is 5.56 Å². The van der Waals surface area contributed by atoms with Crippen LogP contribution in [0.25, 0.3) is 5.69 Å². The van der Waals surface area contributed by atoms with Crippen LogP contribution in [0.5, 0.6) is 11.5 Å². The Bertz CT molecular complexity index is 1270. The summed E-state index contributed by atoms with van der Waals surface area (Å²) in [6.07, 6.45) is -4.96. The molecule has 0 saturated carbocycles. The van der Waals surface area contributed by atoms with Crippen LogP contribution in [-0.4, -0.2) is 9.55 Å². The Balaban J connectivity index is 2.20. The third-order valence-corrected chi connectivity index (χ3v) is 4.42. The van der Waals surface area contributed by atoms with Gasteiger partial charge >= 0.3 is 11.9 Å². The maximum Gasteiger partial charge on any atom is 0.431 e. The van der Waals surface area contributed by atoms with Crippen LogP contribution in [-0.2, 0) is 6.18 Å². The molecule has 154 valence electrons. The number of halogens is 4. The maximum absolute atomic E-state index is 14.5. The van der Waals surface area contributed by atoms with Crippen molar-refractivity contribution < 1.29 is 22.3 Å². The number of hydrogen-bond acceptors (Lipinski definition) is 4. The molecule has 1 aromatic heterocycles. The Morgan fingerprint density at radius 1 is 1.10 bits per heavy atom. The van der Waals surface area contributed by atoms with E-state index in [0.29, 0.717) is 5.75 Å². The largest absolute Gasteiger partial charge is 0.456 e. The van der Waals surface area contributed by atoms with Crippen molar-refractivity contribution in [3.8, 4) is 23.3 Å². The Kier molecular flexibility index (Phi) is 5.22. The van der Waals surface area contributed by atoms with Crippen LogP contribution in [0.4, 0.5) is 17.6 Å². The molecule has 3 aromatic rings. The Labute approximate surface area is 166 Å². The van der Waals surface area contributed by atoms with Crippen LogP contribution in [0, 0.1) is 31.0 Å². The third kappa shape index (κ3) is 3.82. The van der Waals surface area contributed by atoms with Crippen molar-refractivity contribution in [1.29, 1.82) is 5.26 Å². The average Bonchev–Trinajstić information content (AvgIpc) is 2.66.